The molecule has 4 nitrogen and oxygen atoms in total. The summed E-state index contributed by atoms with van der Waals surface area (Å²) in [7, 11) is 0. The highest BCUT2D eigenvalue weighted by molar-refractivity contribution is 5.66. The third-order valence-corrected chi connectivity index (χ3v) is 6.04. The van der Waals surface area contributed by atoms with Crippen LogP contribution < -0.4 is 4.90 Å². The zero-order chi connectivity index (χ0) is 20.5. The van der Waals surface area contributed by atoms with E-state index >= 15 is 0 Å². The predicted molar refractivity (Wildman–Crippen MR) is 120 cm³/mol. The van der Waals surface area contributed by atoms with E-state index in [1.807, 2.05) is 0 Å². The molecule has 0 spiro atoms. The molecule has 1 aliphatic heterocycles. The fraction of sp³-hybridized carbons (Fsp3) is 0.480. The van der Waals surface area contributed by atoms with Crippen molar-refractivity contribution in [2.75, 3.05) is 31.1 Å². The minimum absolute atomic E-state index is 0.236. The van der Waals surface area contributed by atoms with E-state index in [9.17, 15) is 4.79 Å². The molecular weight excluding hydrogens is 360 g/mol. The van der Waals surface area contributed by atoms with Crippen LogP contribution in [0.1, 0.15) is 43.7 Å². The number of hydrogen-bond acceptors (Lipinski definition) is 3. The molecule has 0 aliphatic carbocycles. The van der Waals surface area contributed by atoms with Gasteiger partial charge in [-0.05, 0) is 56.2 Å². The van der Waals surface area contributed by atoms with Crippen LogP contribution in [0.3, 0.4) is 0 Å². The summed E-state index contributed by atoms with van der Waals surface area (Å²) in [6.45, 7) is 6.65. The fourth-order valence-corrected chi connectivity index (χ4v) is 4.44. The SMILES string of the molecule is CCN(c1ccccc1CCCC(=O)O)C1CCN(CCc2ccccc2)CC1. The first-order valence-electron chi connectivity index (χ1n) is 11.0. The van der Waals surface area contributed by atoms with E-state index in [-0.39, 0.29) is 6.42 Å². The smallest absolute Gasteiger partial charge is 0.303 e. The van der Waals surface area contributed by atoms with Crippen LogP contribution in [0.2, 0.25) is 0 Å². The van der Waals surface area contributed by atoms with Gasteiger partial charge < -0.3 is 14.9 Å². The third kappa shape index (κ3) is 6.33. The van der Waals surface area contributed by atoms with Gasteiger partial charge in [-0.1, -0.05) is 48.5 Å². The van der Waals surface area contributed by atoms with Crippen molar-refractivity contribution in [3.05, 3.63) is 65.7 Å². The second-order valence-electron chi connectivity index (χ2n) is 7.97. The molecule has 1 heterocycles. The first kappa shape index (κ1) is 21.4. The Morgan fingerprint density at radius 2 is 1.72 bits per heavy atom. The standard InChI is InChI=1S/C25H34N2O2/c1-2-27(24-13-7-6-11-22(24)12-8-14-25(28)29)23-16-19-26(20-17-23)18-15-21-9-4-3-5-10-21/h3-7,9-11,13,23H,2,8,12,14-20H2,1H3,(H,28,29). The molecule has 0 amide bonds. The van der Waals surface area contributed by atoms with Crippen molar-refractivity contribution in [3.63, 3.8) is 0 Å². The second-order valence-corrected chi connectivity index (χ2v) is 7.97. The number of aryl methyl sites for hydroxylation is 1. The van der Waals surface area contributed by atoms with Crippen LogP contribution in [0.15, 0.2) is 54.6 Å². The van der Waals surface area contributed by atoms with Gasteiger partial charge in [0.15, 0.2) is 0 Å². The molecule has 29 heavy (non-hydrogen) atoms. The summed E-state index contributed by atoms with van der Waals surface area (Å²) in [6.07, 6.45) is 5.25. The summed E-state index contributed by atoms with van der Waals surface area (Å²) in [5.74, 6) is -0.710. The largest absolute Gasteiger partial charge is 0.481 e. The van der Waals surface area contributed by atoms with E-state index in [1.165, 1.54) is 29.7 Å². The lowest BCUT2D eigenvalue weighted by Gasteiger charge is -2.40. The summed E-state index contributed by atoms with van der Waals surface area (Å²) in [6, 6.07) is 19.9. The van der Waals surface area contributed by atoms with Gasteiger partial charge in [-0.3, -0.25) is 4.79 Å². The van der Waals surface area contributed by atoms with E-state index in [0.29, 0.717) is 12.5 Å². The maximum absolute atomic E-state index is 10.9. The van der Waals surface area contributed by atoms with Crippen LogP contribution in [-0.2, 0) is 17.6 Å². The topological polar surface area (TPSA) is 43.8 Å². The molecule has 1 fully saturated rings. The molecule has 156 valence electrons. The number of rotatable bonds is 10. The van der Waals surface area contributed by atoms with Gasteiger partial charge in [0.25, 0.3) is 0 Å². The van der Waals surface area contributed by atoms with Gasteiger partial charge in [0.2, 0.25) is 0 Å². The number of aliphatic carboxylic acids is 1. The summed E-state index contributed by atoms with van der Waals surface area (Å²) in [5.41, 5.74) is 3.99. The normalized spacial score (nSPS) is 15.3. The van der Waals surface area contributed by atoms with Crippen molar-refractivity contribution >= 4 is 11.7 Å². The Morgan fingerprint density at radius 3 is 2.41 bits per heavy atom. The van der Waals surface area contributed by atoms with Crippen LogP contribution in [0.25, 0.3) is 0 Å². The van der Waals surface area contributed by atoms with E-state index in [1.54, 1.807) is 0 Å². The minimum atomic E-state index is -0.710. The van der Waals surface area contributed by atoms with Crippen LogP contribution in [-0.4, -0.2) is 48.2 Å². The summed E-state index contributed by atoms with van der Waals surface area (Å²) >= 11 is 0. The molecule has 1 aliphatic rings. The highest BCUT2D eigenvalue weighted by atomic mass is 16.4. The molecule has 2 aromatic carbocycles. The number of piperidine rings is 1. The molecule has 3 rings (SSSR count). The van der Waals surface area contributed by atoms with Gasteiger partial charge in [0, 0.05) is 44.3 Å². The Labute approximate surface area is 175 Å². The average Bonchev–Trinajstić information content (AvgIpc) is 2.75. The Balaban J connectivity index is 1.55. The molecule has 0 radical (unpaired) electrons. The Kier molecular flexibility index (Phi) is 8.12. The Hall–Kier alpha value is -2.33. The van der Waals surface area contributed by atoms with E-state index in [2.05, 4.69) is 71.3 Å². The molecule has 0 aromatic heterocycles. The Morgan fingerprint density at radius 1 is 1.03 bits per heavy atom. The molecule has 4 heteroatoms. The highest BCUT2D eigenvalue weighted by Gasteiger charge is 2.25. The number of nitrogens with zero attached hydrogens (tertiary/aromatic N) is 2. The first-order valence-corrected chi connectivity index (χ1v) is 11.0. The molecule has 1 N–H and O–H groups in total. The van der Waals surface area contributed by atoms with Crippen molar-refractivity contribution in [2.24, 2.45) is 0 Å². The molecule has 0 atom stereocenters. The van der Waals surface area contributed by atoms with Crippen LogP contribution in [0.5, 0.6) is 0 Å². The quantitative estimate of drug-likeness (QED) is 0.638. The molecule has 0 saturated carbocycles. The minimum Gasteiger partial charge on any atom is -0.481 e. The van der Waals surface area contributed by atoms with Gasteiger partial charge in [-0.15, -0.1) is 0 Å². The van der Waals surface area contributed by atoms with Gasteiger partial charge in [0.05, 0.1) is 0 Å². The Bertz CT molecular complexity index is 754. The van der Waals surface area contributed by atoms with Crippen molar-refractivity contribution in [1.29, 1.82) is 0 Å². The molecular formula is C25H34N2O2. The van der Waals surface area contributed by atoms with E-state index in [0.717, 1.165) is 39.0 Å². The number of likely N-dealkylation sites (tertiary alicyclic amines) is 1. The van der Waals surface area contributed by atoms with Crippen LogP contribution >= 0.6 is 0 Å². The number of benzene rings is 2. The summed E-state index contributed by atoms with van der Waals surface area (Å²) in [5, 5.41) is 8.95. The van der Waals surface area contributed by atoms with E-state index < -0.39 is 5.97 Å². The number of anilines is 1. The number of carboxylic acid groups (broad SMARTS) is 1. The number of carbonyl (C=O) groups is 1. The summed E-state index contributed by atoms with van der Waals surface area (Å²) in [4.78, 5) is 16.0. The lowest BCUT2D eigenvalue weighted by Crippen LogP contribution is -2.45. The second kappa shape index (κ2) is 11.0. The van der Waals surface area contributed by atoms with Crippen LogP contribution in [0, 0.1) is 0 Å². The fourth-order valence-electron chi connectivity index (χ4n) is 4.44. The van der Waals surface area contributed by atoms with Gasteiger partial charge in [-0.25, -0.2) is 0 Å². The van der Waals surface area contributed by atoms with Crippen molar-refractivity contribution in [1.82, 2.24) is 4.90 Å². The highest BCUT2D eigenvalue weighted by Crippen LogP contribution is 2.28. The number of para-hydroxylation sites is 1. The van der Waals surface area contributed by atoms with Gasteiger partial charge in [0.1, 0.15) is 0 Å². The summed E-state index contributed by atoms with van der Waals surface area (Å²) < 4.78 is 0. The zero-order valence-electron chi connectivity index (χ0n) is 17.6. The first-order chi connectivity index (χ1) is 14.2. The lowest BCUT2D eigenvalue weighted by atomic mass is 9.99. The van der Waals surface area contributed by atoms with Crippen molar-refractivity contribution in [2.45, 2.75) is 51.5 Å². The lowest BCUT2D eigenvalue weighted by molar-refractivity contribution is -0.137. The molecule has 0 unspecified atom stereocenters. The molecule has 2 aromatic rings. The van der Waals surface area contributed by atoms with Gasteiger partial charge in [-0.2, -0.15) is 0 Å². The predicted octanol–water partition coefficient (Wildman–Crippen LogP) is 4.63. The third-order valence-electron chi connectivity index (χ3n) is 6.04. The van der Waals surface area contributed by atoms with Crippen molar-refractivity contribution in [3.8, 4) is 0 Å². The van der Waals surface area contributed by atoms with E-state index in [4.69, 9.17) is 5.11 Å². The van der Waals surface area contributed by atoms with Gasteiger partial charge >= 0.3 is 5.97 Å². The molecule has 1 saturated heterocycles. The van der Waals surface area contributed by atoms with Crippen LogP contribution in [0.4, 0.5) is 5.69 Å². The number of carboxylic acids is 1. The number of hydrogen-bond donors (Lipinski definition) is 1. The zero-order valence-corrected chi connectivity index (χ0v) is 17.6. The van der Waals surface area contributed by atoms with Crippen molar-refractivity contribution < 1.29 is 9.90 Å². The molecule has 0 bridgehead atoms. The maximum atomic E-state index is 10.9. The average molecular weight is 395 g/mol. The maximum Gasteiger partial charge on any atom is 0.303 e. The monoisotopic (exact) mass is 394 g/mol.